The zero-order valence-electron chi connectivity index (χ0n) is 20.4. The summed E-state index contributed by atoms with van der Waals surface area (Å²) in [5, 5.41) is 4.00. The molecule has 3 N–H and O–H groups in total. The third kappa shape index (κ3) is 5.51. The highest BCUT2D eigenvalue weighted by Gasteiger charge is 2.20. The fourth-order valence-electron chi connectivity index (χ4n) is 4.46. The van der Waals surface area contributed by atoms with Crippen LogP contribution in [0.25, 0.3) is 27.6 Å². The van der Waals surface area contributed by atoms with Gasteiger partial charge in [0.25, 0.3) is 0 Å². The molecule has 0 radical (unpaired) electrons. The number of hydrogen-bond acceptors (Lipinski definition) is 3. The zero-order chi connectivity index (χ0) is 24.9. The van der Waals surface area contributed by atoms with Gasteiger partial charge in [-0.15, -0.1) is 0 Å². The molecular weight excluding hydrogens is 459 g/mol. The van der Waals surface area contributed by atoms with Crippen molar-refractivity contribution in [2.75, 3.05) is 12.8 Å². The van der Waals surface area contributed by atoms with Gasteiger partial charge in [0.2, 0.25) is 5.91 Å². The molecule has 7 heteroatoms. The Morgan fingerprint density at radius 3 is 2.80 bits per heavy atom. The van der Waals surface area contributed by atoms with Crippen molar-refractivity contribution >= 4 is 34.1 Å². The Morgan fingerprint density at radius 2 is 2.11 bits per heavy atom. The third-order valence-electron chi connectivity index (χ3n) is 6.23. The predicted octanol–water partition coefficient (Wildman–Crippen LogP) is 6.45. The molecule has 0 bridgehead atoms. The van der Waals surface area contributed by atoms with Crippen molar-refractivity contribution in [3.63, 3.8) is 0 Å². The summed E-state index contributed by atoms with van der Waals surface area (Å²) in [6, 6.07) is 11.6. The van der Waals surface area contributed by atoms with Gasteiger partial charge in [-0.3, -0.25) is 4.79 Å². The molecule has 1 amide bonds. The minimum Gasteiger partial charge on any atom is -0.356 e. The molecule has 0 spiro atoms. The molecule has 0 aliphatic rings. The van der Waals surface area contributed by atoms with Gasteiger partial charge < -0.3 is 15.3 Å². The molecule has 4 aromatic rings. The highest BCUT2D eigenvalue weighted by Crippen LogP contribution is 2.39. The number of fused-ring (bicyclic) bond motifs is 1. The molecule has 0 fully saturated rings. The lowest BCUT2D eigenvalue weighted by Gasteiger charge is -2.13. The van der Waals surface area contributed by atoms with Crippen molar-refractivity contribution < 1.29 is 9.18 Å². The monoisotopic (exact) mass is 490 g/mol. The summed E-state index contributed by atoms with van der Waals surface area (Å²) in [5.74, 6) is 0.442. The lowest BCUT2D eigenvalue weighted by atomic mass is 9.93. The van der Waals surface area contributed by atoms with Crippen LogP contribution in [0, 0.1) is 5.82 Å². The first-order valence-corrected chi connectivity index (χ1v) is 13.1. The number of rotatable bonds is 10. The number of imidazole rings is 1. The summed E-state index contributed by atoms with van der Waals surface area (Å²) in [4.78, 5) is 23.2. The average molecular weight is 491 g/mol. The summed E-state index contributed by atoms with van der Waals surface area (Å²) in [6.45, 7) is 8.72. The second-order valence-corrected chi connectivity index (χ2v) is 9.81. The van der Waals surface area contributed by atoms with Crippen molar-refractivity contribution in [2.24, 2.45) is 0 Å². The number of H-pyrrole nitrogens is 2. The summed E-state index contributed by atoms with van der Waals surface area (Å²) in [5.41, 5.74) is 7.24. The Morgan fingerprint density at radius 1 is 1.29 bits per heavy atom. The number of amides is 1. The Kier molecular flexibility index (Phi) is 7.76. The van der Waals surface area contributed by atoms with E-state index in [0.29, 0.717) is 30.7 Å². The van der Waals surface area contributed by atoms with E-state index in [0.717, 1.165) is 44.6 Å². The number of halogens is 1. The van der Waals surface area contributed by atoms with Gasteiger partial charge in [0.05, 0.1) is 11.8 Å². The van der Waals surface area contributed by atoms with Gasteiger partial charge in [0.1, 0.15) is 5.82 Å². The van der Waals surface area contributed by atoms with Crippen LogP contribution in [-0.2, 0) is 17.0 Å². The minimum atomic E-state index is -0.199. The molecule has 0 aliphatic carbocycles. The fourth-order valence-corrected chi connectivity index (χ4v) is 5.01. The quantitative estimate of drug-likeness (QED) is 0.239. The second-order valence-electron chi connectivity index (χ2n) is 8.95. The number of nitrogens with zero attached hydrogens (tertiary/aromatic N) is 1. The van der Waals surface area contributed by atoms with Crippen LogP contribution in [-0.4, -0.2) is 33.7 Å². The Labute approximate surface area is 209 Å². The topological polar surface area (TPSA) is 73.6 Å². The van der Waals surface area contributed by atoms with Gasteiger partial charge >= 0.3 is 0 Å². The predicted molar refractivity (Wildman–Crippen MR) is 144 cm³/mol. The third-order valence-corrected chi connectivity index (χ3v) is 6.83. The van der Waals surface area contributed by atoms with E-state index in [-0.39, 0.29) is 17.6 Å². The SMILES string of the molecule is C=C(C)c1[nH]c2c(C(C)CC(=O)NCCc3cnc[nH]3)cccc2c1-c1ccc(CSC)c(F)c1. The maximum absolute atomic E-state index is 14.8. The molecule has 4 rings (SSSR count). The molecule has 0 saturated heterocycles. The van der Waals surface area contributed by atoms with E-state index in [9.17, 15) is 9.18 Å². The lowest BCUT2D eigenvalue weighted by Crippen LogP contribution is -2.26. The van der Waals surface area contributed by atoms with Crippen LogP contribution in [0.5, 0.6) is 0 Å². The van der Waals surface area contributed by atoms with Gasteiger partial charge in [-0.25, -0.2) is 9.37 Å². The highest BCUT2D eigenvalue weighted by molar-refractivity contribution is 7.97. The number of allylic oxidation sites excluding steroid dienone is 1. The number of carbonyl (C=O) groups excluding carboxylic acids is 1. The maximum Gasteiger partial charge on any atom is 0.220 e. The standard InChI is InChI=1S/C28H31FN4OS/c1-17(2)27-26(19-8-9-20(15-35-4)24(29)13-19)23-7-5-6-22(28(23)33-27)18(3)12-25(34)31-11-10-21-14-30-16-32-21/h5-9,13-14,16,18,33H,1,10-12,15H2,2-4H3,(H,30,32)(H,31,34). The normalized spacial score (nSPS) is 12.1. The zero-order valence-corrected chi connectivity index (χ0v) is 21.2. The van der Waals surface area contributed by atoms with E-state index in [1.165, 1.54) is 0 Å². The van der Waals surface area contributed by atoms with E-state index >= 15 is 0 Å². The summed E-state index contributed by atoms with van der Waals surface area (Å²) < 4.78 is 14.8. The molecule has 0 aliphatic heterocycles. The molecular formula is C28H31FN4OS. The number of benzene rings is 2. The Balaban J connectivity index is 1.61. The molecule has 1 unspecified atom stereocenters. The van der Waals surface area contributed by atoms with Gasteiger partial charge in [-0.2, -0.15) is 11.8 Å². The molecule has 35 heavy (non-hydrogen) atoms. The van der Waals surface area contributed by atoms with Crippen molar-refractivity contribution in [3.8, 4) is 11.1 Å². The molecule has 2 aromatic heterocycles. The van der Waals surface area contributed by atoms with E-state index in [1.807, 2.05) is 37.4 Å². The maximum atomic E-state index is 14.8. The van der Waals surface area contributed by atoms with Crippen molar-refractivity contribution in [1.29, 1.82) is 0 Å². The van der Waals surface area contributed by atoms with Gasteiger partial charge in [0, 0.05) is 53.7 Å². The Hall–Kier alpha value is -3.32. The molecule has 0 saturated carbocycles. The van der Waals surface area contributed by atoms with Gasteiger partial charge in [-0.1, -0.05) is 43.8 Å². The second kappa shape index (κ2) is 11.0. The molecule has 2 aromatic carbocycles. The number of aromatic amines is 2. The minimum absolute atomic E-state index is 0.00369. The van der Waals surface area contributed by atoms with E-state index < -0.39 is 0 Å². The average Bonchev–Trinajstić information content (AvgIpc) is 3.48. The first-order chi connectivity index (χ1) is 16.9. The molecule has 1 atom stereocenters. The number of hydrogen-bond donors (Lipinski definition) is 3. The smallest absolute Gasteiger partial charge is 0.220 e. The van der Waals surface area contributed by atoms with Crippen LogP contribution in [0.4, 0.5) is 4.39 Å². The number of thioether (sulfide) groups is 1. The van der Waals surface area contributed by atoms with Crippen LogP contribution >= 0.6 is 11.8 Å². The van der Waals surface area contributed by atoms with Crippen molar-refractivity contribution in [3.05, 3.63) is 83.8 Å². The van der Waals surface area contributed by atoms with Gasteiger partial charge in [0.15, 0.2) is 0 Å². The number of aromatic nitrogens is 3. The molecule has 182 valence electrons. The van der Waals surface area contributed by atoms with Crippen molar-refractivity contribution in [2.45, 2.75) is 38.4 Å². The van der Waals surface area contributed by atoms with Crippen LogP contribution in [0.1, 0.15) is 48.7 Å². The number of carbonyl (C=O) groups is 1. The van der Waals surface area contributed by atoms with Crippen LogP contribution in [0.15, 0.2) is 55.5 Å². The van der Waals surface area contributed by atoms with E-state index in [1.54, 1.807) is 30.4 Å². The molecule has 5 nitrogen and oxygen atoms in total. The van der Waals surface area contributed by atoms with E-state index in [2.05, 4.69) is 39.8 Å². The Bertz CT molecular complexity index is 1340. The largest absolute Gasteiger partial charge is 0.356 e. The molecule has 2 heterocycles. The fraction of sp³-hybridized carbons (Fsp3) is 0.286. The highest BCUT2D eigenvalue weighted by atomic mass is 32.2. The summed E-state index contributed by atoms with van der Waals surface area (Å²) in [7, 11) is 0. The first-order valence-electron chi connectivity index (χ1n) is 11.7. The van der Waals surface area contributed by atoms with Crippen LogP contribution < -0.4 is 5.32 Å². The van der Waals surface area contributed by atoms with Gasteiger partial charge in [-0.05, 0) is 47.4 Å². The first kappa shape index (κ1) is 24.8. The van der Waals surface area contributed by atoms with Crippen LogP contribution in [0.3, 0.4) is 0 Å². The van der Waals surface area contributed by atoms with Crippen LogP contribution in [0.2, 0.25) is 0 Å². The van der Waals surface area contributed by atoms with E-state index in [4.69, 9.17) is 0 Å². The number of nitrogens with one attached hydrogen (secondary N) is 3. The lowest BCUT2D eigenvalue weighted by molar-refractivity contribution is -0.121. The summed E-state index contributed by atoms with van der Waals surface area (Å²) >= 11 is 1.60. The number of para-hydroxylation sites is 1. The van der Waals surface area contributed by atoms with Crippen molar-refractivity contribution in [1.82, 2.24) is 20.3 Å². The summed E-state index contributed by atoms with van der Waals surface area (Å²) in [6.07, 6.45) is 6.45.